The zero-order valence-corrected chi connectivity index (χ0v) is 20.6. The van der Waals surface area contributed by atoms with E-state index in [0.29, 0.717) is 23.1 Å². The van der Waals surface area contributed by atoms with Gasteiger partial charge in [0.2, 0.25) is 10.0 Å². The smallest absolute Gasteiger partial charge is 0.266 e. The SMILES string of the molecule is CC1CN(C(=O)COc2ccccc2C(C)C)C(=Nc2cccc(S(=O)(=O)N(C)C)c2)S1. The molecule has 172 valence electrons. The van der Waals surface area contributed by atoms with Crippen LogP contribution in [0.5, 0.6) is 5.75 Å². The standard InChI is InChI=1S/C23H29N3O4S2/c1-16(2)20-11-6-7-12-21(20)30-15-22(27)26-14-17(3)31-23(26)24-18-9-8-10-19(13-18)32(28,29)25(4)5/h6-13,16-17H,14-15H2,1-5H3. The van der Waals surface area contributed by atoms with Crippen LogP contribution in [0.25, 0.3) is 0 Å². The predicted molar refractivity (Wildman–Crippen MR) is 129 cm³/mol. The lowest BCUT2D eigenvalue weighted by atomic mass is 10.0. The van der Waals surface area contributed by atoms with Crippen LogP contribution in [-0.2, 0) is 14.8 Å². The van der Waals surface area contributed by atoms with Crippen molar-refractivity contribution in [3.63, 3.8) is 0 Å². The number of sulfonamides is 1. The summed E-state index contributed by atoms with van der Waals surface area (Å²) in [4.78, 5) is 19.3. The van der Waals surface area contributed by atoms with E-state index in [1.54, 1.807) is 17.0 Å². The molecule has 0 N–H and O–H groups in total. The summed E-state index contributed by atoms with van der Waals surface area (Å²) in [6, 6.07) is 14.1. The zero-order chi connectivity index (χ0) is 23.5. The molecule has 2 aromatic rings. The summed E-state index contributed by atoms with van der Waals surface area (Å²) in [7, 11) is -0.595. The summed E-state index contributed by atoms with van der Waals surface area (Å²) in [6.45, 7) is 6.62. The van der Waals surface area contributed by atoms with Crippen molar-refractivity contribution in [2.24, 2.45) is 4.99 Å². The minimum absolute atomic E-state index is 0.0922. The molecule has 0 spiro atoms. The molecule has 1 saturated heterocycles. The fraction of sp³-hybridized carbons (Fsp3) is 0.391. The maximum absolute atomic E-state index is 13.0. The van der Waals surface area contributed by atoms with Crippen LogP contribution < -0.4 is 4.74 Å². The lowest BCUT2D eigenvalue weighted by molar-refractivity contribution is -0.129. The van der Waals surface area contributed by atoms with Gasteiger partial charge in [0.05, 0.1) is 10.6 Å². The maximum Gasteiger partial charge on any atom is 0.266 e. The van der Waals surface area contributed by atoms with Crippen LogP contribution >= 0.6 is 11.8 Å². The highest BCUT2D eigenvalue weighted by Crippen LogP contribution is 2.30. The number of thioether (sulfide) groups is 1. The minimum atomic E-state index is -3.57. The second kappa shape index (κ2) is 10.1. The van der Waals surface area contributed by atoms with E-state index in [1.165, 1.54) is 38.0 Å². The van der Waals surface area contributed by atoms with E-state index in [2.05, 4.69) is 18.8 Å². The number of aliphatic imine (C=N–C) groups is 1. The molecule has 0 radical (unpaired) electrons. The summed E-state index contributed by atoms with van der Waals surface area (Å²) in [5.41, 5.74) is 1.53. The topological polar surface area (TPSA) is 79.3 Å². The molecule has 0 aliphatic carbocycles. The van der Waals surface area contributed by atoms with Crippen molar-refractivity contribution in [3.8, 4) is 5.75 Å². The summed E-state index contributed by atoms with van der Waals surface area (Å²) in [5, 5.41) is 0.719. The van der Waals surface area contributed by atoms with Gasteiger partial charge in [-0.05, 0) is 35.7 Å². The molecular weight excluding hydrogens is 446 g/mol. The first kappa shape index (κ1) is 24.3. The van der Waals surface area contributed by atoms with Gasteiger partial charge in [-0.2, -0.15) is 0 Å². The Kier molecular flexibility index (Phi) is 7.63. The van der Waals surface area contributed by atoms with E-state index in [4.69, 9.17) is 4.74 Å². The van der Waals surface area contributed by atoms with E-state index in [9.17, 15) is 13.2 Å². The third-order valence-electron chi connectivity index (χ3n) is 4.99. The van der Waals surface area contributed by atoms with Crippen molar-refractivity contribution in [2.45, 2.75) is 36.8 Å². The van der Waals surface area contributed by atoms with Crippen molar-refractivity contribution >= 4 is 38.5 Å². The predicted octanol–water partition coefficient (Wildman–Crippen LogP) is 4.09. The largest absolute Gasteiger partial charge is 0.483 e. The molecule has 0 aromatic heterocycles. The van der Waals surface area contributed by atoms with E-state index in [-0.39, 0.29) is 28.6 Å². The first-order valence-corrected chi connectivity index (χ1v) is 12.7. The van der Waals surface area contributed by atoms with Gasteiger partial charge < -0.3 is 4.74 Å². The molecule has 1 aliphatic rings. The van der Waals surface area contributed by atoms with E-state index in [1.807, 2.05) is 31.2 Å². The molecule has 2 aromatic carbocycles. The Labute approximate surface area is 194 Å². The third-order valence-corrected chi connectivity index (χ3v) is 7.88. The van der Waals surface area contributed by atoms with Gasteiger partial charge in [0.1, 0.15) is 5.75 Å². The number of hydrogen-bond donors (Lipinski definition) is 0. The first-order chi connectivity index (χ1) is 15.1. The molecule has 9 heteroatoms. The zero-order valence-electron chi connectivity index (χ0n) is 19.0. The number of hydrogen-bond acceptors (Lipinski definition) is 6. The van der Waals surface area contributed by atoms with E-state index < -0.39 is 10.0 Å². The third kappa shape index (κ3) is 5.51. The highest BCUT2D eigenvalue weighted by molar-refractivity contribution is 8.14. The van der Waals surface area contributed by atoms with Crippen molar-refractivity contribution in [3.05, 3.63) is 54.1 Å². The second-order valence-corrected chi connectivity index (χ2v) is 11.7. The Morgan fingerprint density at radius 3 is 2.62 bits per heavy atom. The van der Waals surface area contributed by atoms with Crippen LogP contribution in [0.4, 0.5) is 5.69 Å². The highest BCUT2D eigenvalue weighted by Gasteiger charge is 2.31. The molecule has 7 nitrogen and oxygen atoms in total. The molecule has 1 fully saturated rings. The fourth-order valence-corrected chi connectivity index (χ4v) is 5.24. The summed E-state index contributed by atoms with van der Waals surface area (Å²) >= 11 is 1.49. The van der Waals surface area contributed by atoms with Crippen LogP contribution in [-0.4, -0.2) is 61.2 Å². The Morgan fingerprint density at radius 1 is 1.22 bits per heavy atom. The Morgan fingerprint density at radius 2 is 1.94 bits per heavy atom. The first-order valence-electron chi connectivity index (χ1n) is 10.4. The Hall–Kier alpha value is -2.36. The molecule has 1 unspecified atom stereocenters. The number of para-hydroxylation sites is 1. The van der Waals surface area contributed by atoms with Gasteiger partial charge in [-0.1, -0.05) is 56.8 Å². The van der Waals surface area contributed by atoms with Crippen LogP contribution in [0.1, 0.15) is 32.3 Å². The van der Waals surface area contributed by atoms with Crippen molar-refractivity contribution in [1.82, 2.24) is 9.21 Å². The monoisotopic (exact) mass is 475 g/mol. The number of amides is 1. The lowest BCUT2D eigenvalue weighted by Gasteiger charge is -2.18. The van der Waals surface area contributed by atoms with Crippen molar-refractivity contribution in [2.75, 3.05) is 27.2 Å². The number of rotatable bonds is 7. The molecular formula is C23H29N3O4S2. The molecule has 1 aliphatic heterocycles. The average molecular weight is 476 g/mol. The number of carbonyl (C=O) groups excluding carboxylic acids is 1. The Bertz CT molecular complexity index is 1110. The normalized spacial score (nSPS) is 18.0. The maximum atomic E-state index is 13.0. The number of amidine groups is 1. The molecule has 0 saturated carbocycles. The van der Waals surface area contributed by atoms with Gasteiger partial charge in [-0.25, -0.2) is 17.7 Å². The molecule has 3 rings (SSSR count). The molecule has 1 amide bonds. The van der Waals surface area contributed by atoms with Crippen LogP contribution in [0.3, 0.4) is 0 Å². The van der Waals surface area contributed by atoms with E-state index >= 15 is 0 Å². The quantitative estimate of drug-likeness (QED) is 0.603. The fourth-order valence-electron chi connectivity index (χ4n) is 3.25. The van der Waals surface area contributed by atoms with E-state index in [0.717, 1.165) is 9.87 Å². The summed E-state index contributed by atoms with van der Waals surface area (Å²) < 4.78 is 31.9. The minimum Gasteiger partial charge on any atom is -0.483 e. The van der Waals surface area contributed by atoms with Crippen molar-refractivity contribution < 1.29 is 17.9 Å². The molecule has 1 heterocycles. The molecule has 0 bridgehead atoms. The lowest BCUT2D eigenvalue weighted by Crippen LogP contribution is -2.36. The van der Waals surface area contributed by atoms with Gasteiger partial charge >= 0.3 is 0 Å². The average Bonchev–Trinajstić information content (AvgIpc) is 3.12. The number of carbonyl (C=O) groups is 1. The van der Waals surface area contributed by atoms with Crippen molar-refractivity contribution in [1.29, 1.82) is 0 Å². The van der Waals surface area contributed by atoms with Gasteiger partial charge in [0, 0.05) is 25.9 Å². The number of ether oxygens (including phenoxy) is 1. The molecule has 1 atom stereocenters. The van der Waals surface area contributed by atoms with Gasteiger partial charge in [0.15, 0.2) is 11.8 Å². The Balaban J connectivity index is 1.80. The van der Waals surface area contributed by atoms with Crippen LogP contribution in [0.15, 0.2) is 58.4 Å². The van der Waals surface area contributed by atoms with Gasteiger partial charge in [-0.15, -0.1) is 0 Å². The van der Waals surface area contributed by atoms with Crippen LogP contribution in [0.2, 0.25) is 0 Å². The van der Waals surface area contributed by atoms with Crippen LogP contribution in [0, 0.1) is 0 Å². The number of benzene rings is 2. The molecule has 32 heavy (non-hydrogen) atoms. The summed E-state index contributed by atoms with van der Waals surface area (Å²) in [5.74, 6) is 0.804. The number of nitrogens with zero attached hydrogens (tertiary/aromatic N) is 3. The highest BCUT2D eigenvalue weighted by atomic mass is 32.2. The van der Waals surface area contributed by atoms with Gasteiger partial charge in [-0.3, -0.25) is 9.69 Å². The second-order valence-electron chi connectivity index (χ2n) is 8.09. The van der Waals surface area contributed by atoms with Gasteiger partial charge in [0.25, 0.3) is 5.91 Å². The summed E-state index contributed by atoms with van der Waals surface area (Å²) in [6.07, 6.45) is 0.